The van der Waals surface area contributed by atoms with Crippen LogP contribution in [0, 0.1) is 5.82 Å². The van der Waals surface area contributed by atoms with Gasteiger partial charge in [0, 0.05) is 37.3 Å². The fraction of sp³-hybridized carbons (Fsp3) is 0.500. The molecular formula is C22H23ClF4N4O3. The van der Waals surface area contributed by atoms with Crippen molar-refractivity contribution in [2.45, 2.75) is 50.1 Å². The van der Waals surface area contributed by atoms with Crippen molar-refractivity contribution in [1.29, 1.82) is 0 Å². The van der Waals surface area contributed by atoms with E-state index in [-0.39, 0.29) is 48.1 Å². The molecule has 4 rings (SSSR count). The smallest absolute Gasteiger partial charge is 0.484 e. The first-order valence-corrected chi connectivity index (χ1v) is 11.2. The number of amides is 1. The summed E-state index contributed by atoms with van der Waals surface area (Å²) in [4.78, 5) is 23.0. The monoisotopic (exact) mass is 502 g/mol. The molecule has 0 atom stereocenters. The standard InChI is InChI=1S/C22H23ClF4N4O3/c23-17-2-1-15(11-18(17)24)33-12-20(32)29-14-4-7-31(8-5-14)19-3-6-28-21(30-19)13-9-16(10-13)34-22(25,26)27/h1-3,6,11,13-14,16H,4-5,7-10,12H2,(H,29,32)/t13-,16-. The van der Waals surface area contributed by atoms with Gasteiger partial charge in [-0.2, -0.15) is 0 Å². The third kappa shape index (κ3) is 6.47. The molecule has 0 unspecified atom stereocenters. The second kappa shape index (κ2) is 10.3. The summed E-state index contributed by atoms with van der Waals surface area (Å²) in [7, 11) is 0. The summed E-state index contributed by atoms with van der Waals surface area (Å²) >= 11 is 5.63. The molecule has 0 spiro atoms. The van der Waals surface area contributed by atoms with Gasteiger partial charge >= 0.3 is 6.36 Å². The van der Waals surface area contributed by atoms with E-state index in [1.807, 2.05) is 0 Å². The van der Waals surface area contributed by atoms with Crippen LogP contribution in [0.1, 0.15) is 37.4 Å². The molecule has 1 saturated heterocycles. The first-order chi connectivity index (χ1) is 16.2. The SMILES string of the molecule is O=C(COc1ccc(Cl)c(F)c1)NC1CCN(c2ccnc([C@H]3C[C@H](OC(F)(F)F)C3)n2)CC1. The van der Waals surface area contributed by atoms with Gasteiger partial charge in [0.25, 0.3) is 5.91 Å². The number of ether oxygens (including phenoxy) is 2. The molecule has 2 aliphatic rings. The summed E-state index contributed by atoms with van der Waals surface area (Å²) in [6.45, 7) is 1.06. The predicted molar refractivity (Wildman–Crippen MR) is 115 cm³/mol. The van der Waals surface area contributed by atoms with Crippen molar-refractivity contribution in [2.24, 2.45) is 0 Å². The normalized spacial score (nSPS) is 21.1. The van der Waals surface area contributed by atoms with Crippen molar-refractivity contribution in [1.82, 2.24) is 15.3 Å². The molecule has 12 heteroatoms. The molecule has 1 aliphatic heterocycles. The average Bonchev–Trinajstić information content (AvgIpc) is 2.77. The lowest BCUT2D eigenvalue weighted by Gasteiger charge is -2.36. The maximum Gasteiger partial charge on any atom is 0.522 e. The molecule has 184 valence electrons. The first-order valence-electron chi connectivity index (χ1n) is 10.9. The number of hydrogen-bond donors (Lipinski definition) is 1. The number of nitrogens with one attached hydrogen (secondary N) is 1. The van der Waals surface area contributed by atoms with Crippen LogP contribution in [0.4, 0.5) is 23.4 Å². The zero-order valence-electron chi connectivity index (χ0n) is 18.0. The minimum atomic E-state index is -4.63. The van der Waals surface area contributed by atoms with Crippen LogP contribution in [0.5, 0.6) is 5.75 Å². The van der Waals surface area contributed by atoms with Gasteiger partial charge in [0.15, 0.2) is 6.61 Å². The molecular weight excluding hydrogens is 480 g/mol. The number of benzene rings is 1. The number of alkyl halides is 3. The molecule has 1 aromatic carbocycles. The molecule has 1 amide bonds. The summed E-state index contributed by atoms with van der Waals surface area (Å²) in [5.74, 6) is 0.367. The summed E-state index contributed by atoms with van der Waals surface area (Å²) in [5.41, 5.74) is 0. The van der Waals surface area contributed by atoms with Crippen LogP contribution in [0.15, 0.2) is 30.5 Å². The van der Waals surface area contributed by atoms with E-state index in [0.717, 1.165) is 6.07 Å². The Kier molecular flexibility index (Phi) is 7.42. The van der Waals surface area contributed by atoms with Crippen LogP contribution < -0.4 is 15.0 Å². The summed E-state index contributed by atoms with van der Waals surface area (Å²) in [6.07, 6.45) is -2.02. The van der Waals surface area contributed by atoms with E-state index >= 15 is 0 Å². The zero-order valence-corrected chi connectivity index (χ0v) is 18.8. The maximum absolute atomic E-state index is 13.4. The first kappa shape index (κ1) is 24.5. The summed E-state index contributed by atoms with van der Waals surface area (Å²) in [5, 5.41) is 2.89. The Morgan fingerprint density at radius 1 is 1.21 bits per heavy atom. The maximum atomic E-state index is 13.4. The molecule has 2 fully saturated rings. The van der Waals surface area contributed by atoms with E-state index in [9.17, 15) is 22.4 Å². The lowest BCUT2D eigenvalue weighted by atomic mass is 9.81. The van der Waals surface area contributed by atoms with Gasteiger partial charge in [0.1, 0.15) is 23.2 Å². The Morgan fingerprint density at radius 2 is 1.94 bits per heavy atom. The van der Waals surface area contributed by atoms with Gasteiger partial charge < -0.3 is 15.0 Å². The number of nitrogens with zero attached hydrogens (tertiary/aromatic N) is 3. The van der Waals surface area contributed by atoms with E-state index in [1.165, 1.54) is 12.1 Å². The van der Waals surface area contributed by atoms with E-state index in [4.69, 9.17) is 16.3 Å². The third-order valence-electron chi connectivity index (χ3n) is 5.86. The van der Waals surface area contributed by atoms with Crippen LogP contribution in [0.25, 0.3) is 0 Å². The zero-order chi connectivity index (χ0) is 24.3. The number of piperidine rings is 1. The molecule has 1 N–H and O–H groups in total. The van der Waals surface area contributed by atoms with Crippen molar-refractivity contribution in [3.8, 4) is 5.75 Å². The molecule has 0 radical (unpaired) electrons. The molecule has 7 nitrogen and oxygen atoms in total. The second-order valence-electron chi connectivity index (χ2n) is 8.32. The van der Waals surface area contributed by atoms with Crippen LogP contribution in [-0.4, -0.2) is 54.1 Å². The quantitative estimate of drug-likeness (QED) is 0.571. The number of anilines is 1. The molecule has 0 bridgehead atoms. The average molecular weight is 503 g/mol. The minimum absolute atomic E-state index is 0.0216. The van der Waals surface area contributed by atoms with Gasteiger partial charge in [-0.05, 0) is 43.9 Å². The largest absolute Gasteiger partial charge is 0.522 e. The highest BCUT2D eigenvalue weighted by Gasteiger charge is 2.41. The number of carbonyl (C=O) groups excluding carboxylic acids is 1. The van der Waals surface area contributed by atoms with Crippen LogP contribution >= 0.6 is 11.6 Å². The fourth-order valence-electron chi connectivity index (χ4n) is 4.04. The summed E-state index contributed by atoms with van der Waals surface area (Å²) in [6, 6.07) is 5.70. The topological polar surface area (TPSA) is 76.6 Å². The van der Waals surface area contributed by atoms with Crippen molar-refractivity contribution in [3.05, 3.63) is 47.1 Å². The van der Waals surface area contributed by atoms with E-state index < -0.39 is 18.3 Å². The van der Waals surface area contributed by atoms with Gasteiger partial charge in [0.2, 0.25) is 0 Å². The molecule has 1 aliphatic carbocycles. The fourth-order valence-corrected chi connectivity index (χ4v) is 4.15. The Bertz CT molecular complexity index is 1010. The number of carbonyl (C=O) groups is 1. The van der Waals surface area contributed by atoms with E-state index in [2.05, 4.69) is 24.9 Å². The van der Waals surface area contributed by atoms with Gasteiger partial charge in [0.05, 0.1) is 11.1 Å². The van der Waals surface area contributed by atoms with E-state index in [0.29, 0.717) is 37.6 Å². The van der Waals surface area contributed by atoms with E-state index in [1.54, 1.807) is 12.3 Å². The van der Waals surface area contributed by atoms with Crippen LogP contribution in [0.3, 0.4) is 0 Å². The van der Waals surface area contributed by atoms with Crippen molar-refractivity contribution in [2.75, 3.05) is 24.6 Å². The van der Waals surface area contributed by atoms with Gasteiger partial charge in [-0.3, -0.25) is 9.53 Å². The number of rotatable bonds is 7. The van der Waals surface area contributed by atoms with Crippen molar-refractivity contribution in [3.63, 3.8) is 0 Å². The van der Waals surface area contributed by atoms with Gasteiger partial charge in [-0.25, -0.2) is 14.4 Å². The Hall–Kier alpha value is -2.66. The highest BCUT2D eigenvalue weighted by molar-refractivity contribution is 6.30. The Balaban J connectivity index is 1.21. The highest BCUT2D eigenvalue weighted by Crippen LogP contribution is 2.40. The molecule has 34 heavy (non-hydrogen) atoms. The van der Waals surface area contributed by atoms with Crippen molar-refractivity contribution < 1.29 is 31.8 Å². The highest BCUT2D eigenvalue weighted by atomic mass is 35.5. The van der Waals surface area contributed by atoms with Crippen LogP contribution in [-0.2, 0) is 9.53 Å². The number of aromatic nitrogens is 2. The second-order valence-corrected chi connectivity index (χ2v) is 8.73. The summed E-state index contributed by atoms with van der Waals surface area (Å²) < 4.78 is 59.7. The van der Waals surface area contributed by atoms with Gasteiger partial charge in [-0.1, -0.05) is 11.6 Å². The molecule has 1 saturated carbocycles. The number of hydrogen-bond acceptors (Lipinski definition) is 6. The third-order valence-corrected chi connectivity index (χ3v) is 6.17. The predicted octanol–water partition coefficient (Wildman–Crippen LogP) is 4.22. The minimum Gasteiger partial charge on any atom is -0.484 e. The molecule has 1 aromatic heterocycles. The van der Waals surface area contributed by atoms with Gasteiger partial charge in [-0.15, -0.1) is 13.2 Å². The van der Waals surface area contributed by atoms with Crippen LogP contribution in [0.2, 0.25) is 5.02 Å². The molecule has 2 aromatic rings. The lowest BCUT2D eigenvalue weighted by molar-refractivity contribution is -0.352. The lowest BCUT2D eigenvalue weighted by Crippen LogP contribution is -2.46. The Morgan fingerprint density at radius 3 is 2.62 bits per heavy atom. The number of halogens is 5. The Labute approximate surface area is 198 Å². The molecule has 2 heterocycles. The van der Waals surface area contributed by atoms with Crippen molar-refractivity contribution >= 4 is 23.3 Å².